The first-order chi connectivity index (χ1) is 11.6. The molecule has 0 saturated carbocycles. The van der Waals surface area contributed by atoms with Gasteiger partial charge in [0.1, 0.15) is 5.75 Å². The number of piperidine rings is 1. The quantitative estimate of drug-likeness (QED) is 0.782. The molecule has 2 aliphatic heterocycles. The summed E-state index contributed by atoms with van der Waals surface area (Å²) in [4.78, 5) is 21.9. The summed E-state index contributed by atoms with van der Waals surface area (Å²) in [7, 11) is 0. The van der Waals surface area contributed by atoms with Gasteiger partial charge in [0.25, 0.3) is 0 Å². The van der Waals surface area contributed by atoms with Crippen LogP contribution in [-0.4, -0.2) is 32.0 Å². The molecule has 0 bridgehead atoms. The second-order valence-electron chi connectivity index (χ2n) is 7.26. The van der Waals surface area contributed by atoms with Crippen LogP contribution in [-0.2, 0) is 21.4 Å². The SMILES string of the molecule is CC1(CCC(=O)NC=O)COc2cc(CC3CCNCC3)ccc21. The van der Waals surface area contributed by atoms with Crippen LogP contribution in [0.5, 0.6) is 5.75 Å². The summed E-state index contributed by atoms with van der Waals surface area (Å²) < 4.78 is 5.92. The topological polar surface area (TPSA) is 67.4 Å². The second-order valence-corrected chi connectivity index (χ2v) is 7.26. The fourth-order valence-corrected chi connectivity index (χ4v) is 3.78. The van der Waals surface area contributed by atoms with Crippen molar-refractivity contribution in [2.24, 2.45) is 5.92 Å². The number of fused-ring (bicyclic) bond motifs is 1. The van der Waals surface area contributed by atoms with Crippen molar-refractivity contribution in [2.75, 3.05) is 19.7 Å². The van der Waals surface area contributed by atoms with E-state index in [2.05, 4.69) is 35.8 Å². The van der Waals surface area contributed by atoms with E-state index in [-0.39, 0.29) is 11.3 Å². The predicted molar refractivity (Wildman–Crippen MR) is 92.0 cm³/mol. The molecule has 1 unspecified atom stereocenters. The van der Waals surface area contributed by atoms with E-state index in [0.717, 1.165) is 31.2 Å². The van der Waals surface area contributed by atoms with Crippen LogP contribution >= 0.6 is 0 Å². The van der Waals surface area contributed by atoms with Gasteiger partial charge in [0, 0.05) is 17.4 Å². The van der Waals surface area contributed by atoms with Crippen molar-refractivity contribution in [3.63, 3.8) is 0 Å². The van der Waals surface area contributed by atoms with Crippen molar-refractivity contribution in [2.45, 2.75) is 44.4 Å². The number of amides is 2. The van der Waals surface area contributed by atoms with E-state index >= 15 is 0 Å². The number of rotatable bonds is 6. The smallest absolute Gasteiger partial charge is 0.226 e. The maximum absolute atomic E-state index is 11.5. The molecule has 0 radical (unpaired) electrons. The zero-order valence-corrected chi connectivity index (χ0v) is 14.3. The first-order valence-electron chi connectivity index (χ1n) is 8.81. The van der Waals surface area contributed by atoms with Crippen molar-refractivity contribution < 1.29 is 14.3 Å². The lowest BCUT2D eigenvalue weighted by molar-refractivity contribution is -0.125. The van der Waals surface area contributed by atoms with Gasteiger partial charge in [-0.05, 0) is 56.3 Å². The molecule has 1 fully saturated rings. The molecule has 1 aromatic rings. The minimum atomic E-state index is -0.234. The van der Waals surface area contributed by atoms with E-state index < -0.39 is 0 Å². The molecule has 2 heterocycles. The molecule has 1 saturated heterocycles. The normalized spacial score (nSPS) is 23.4. The number of carbonyl (C=O) groups is 2. The Hall–Kier alpha value is -1.88. The fraction of sp³-hybridized carbons (Fsp3) is 0.579. The van der Waals surface area contributed by atoms with Gasteiger partial charge in [-0.15, -0.1) is 0 Å². The Morgan fingerprint density at radius 1 is 1.42 bits per heavy atom. The van der Waals surface area contributed by atoms with E-state index in [1.807, 2.05) is 0 Å². The van der Waals surface area contributed by atoms with Gasteiger partial charge in [0.05, 0.1) is 6.61 Å². The molecule has 3 rings (SSSR count). The number of hydrogen-bond acceptors (Lipinski definition) is 4. The monoisotopic (exact) mass is 330 g/mol. The van der Waals surface area contributed by atoms with Gasteiger partial charge in [-0.1, -0.05) is 19.1 Å². The van der Waals surface area contributed by atoms with E-state index in [4.69, 9.17) is 4.74 Å². The molecule has 0 spiro atoms. The Morgan fingerprint density at radius 3 is 2.96 bits per heavy atom. The van der Waals surface area contributed by atoms with Crippen molar-refractivity contribution >= 4 is 12.3 Å². The number of ether oxygens (including phenoxy) is 1. The molecule has 2 amide bonds. The molecular formula is C19H26N2O3. The maximum Gasteiger partial charge on any atom is 0.226 e. The molecule has 1 aromatic carbocycles. The van der Waals surface area contributed by atoms with E-state index in [1.165, 1.54) is 24.0 Å². The van der Waals surface area contributed by atoms with Gasteiger partial charge < -0.3 is 10.1 Å². The highest BCUT2D eigenvalue weighted by Gasteiger charge is 2.36. The van der Waals surface area contributed by atoms with Crippen LogP contribution in [0, 0.1) is 5.92 Å². The molecule has 5 nitrogen and oxygen atoms in total. The van der Waals surface area contributed by atoms with E-state index in [0.29, 0.717) is 25.9 Å². The standard InChI is InChI=1S/C19H26N2O3/c1-19(7-4-18(23)21-13-22)12-24-17-11-15(2-3-16(17)19)10-14-5-8-20-9-6-14/h2-3,11,13-14,20H,4-10,12H2,1H3,(H,21,22,23). The molecule has 2 N–H and O–H groups in total. The summed E-state index contributed by atoms with van der Waals surface area (Å²) in [6.45, 7) is 4.95. The minimum Gasteiger partial charge on any atom is -0.492 e. The molecule has 5 heteroatoms. The Kier molecular flexibility index (Phi) is 5.19. The number of nitrogens with one attached hydrogen (secondary N) is 2. The van der Waals surface area contributed by atoms with Crippen LogP contribution in [0.4, 0.5) is 0 Å². The number of imide groups is 1. The van der Waals surface area contributed by atoms with Crippen molar-refractivity contribution in [1.29, 1.82) is 0 Å². The van der Waals surface area contributed by atoms with Gasteiger partial charge in [0.2, 0.25) is 12.3 Å². The second kappa shape index (κ2) is 7.34. The lowest BCUT2D eigenvalue weighted by atomic mass is 9.79. The Balaban J connectivity index is 1.65. The van der Waals surface area contributed by atoms with Gasteiger partial charge >= 0.3 is 0 Å². The fourth-order valence-electron chi connectivity index (χ4n) is 3.78. The van der Waals surface area contributed by atoms with E-state index in [1.54, 1.807) is 0 Å². The van der Waals surface area contributed by atoms with Crippen molar-refractivity contribution in [3.8, 4) is 5.75 Å². The summed E-state index contributed by atoms with van der Waals surface area (Å²) >= 11 is 0. The molecule has 130 valence electrons. The van der Waals surface area contributed by atoms with E-state index in [9.17, 15) is 9.59 Å². The van der Waals surface area contributed by atoms with Crippen LogP contribution in [0.1, 0.15) is 43.7 Å². The third-order valence-electron chi connectivity index (χ3n) is 5.35. The molecule has 0 aromatic heterocycles. The number of benzene rings is 1. The van der Waals surface area contributed by atoms with Crippen molar-refractivity contribution in [1.82, 2.24) is 10.6 Å². The summed E-state index contributed by atoms with van der Waals surface area (Å²) in [5.74, 6) is 1.48. The third kappa shape index (κ3) is 3.78. The molecule has 2 aliphatic rings. The predicted octanol–water partition coefficient (Wildman–Crippen LogP) is 1.93. The average molecular weight is 330 g/mol. The van der Waals surface area contributed by atoms with Gasteiger partial charge in [-0.3, -0.25) is 14.9 Å². The first kappa shape index (κ1) is 17.0. The molecular weight excluding hydrogens is 304 g/mol. The zero-order chi connectivity index (χ0) is 17.0. The lowest BCUT2D eigenvalue weighted by Gasteiger charge is -2.23. The van der Waals surface area contributed by atoms with Crippen LogP contribution in [0.2, 0.25) is 0 Å². The van der Waals surface area contributed by atoms with Crippen LogP contribution in [0.15, 0.2) is 18.2 Å². The molecule has 1 atom stereocenters. The molecule has 0 aliphatic carbocycles. The number of carbonyl (C=O) groups excluding carboxylic acids is 2. The Morgan fingerprint density at radius 2 is 2.21 bits per heavy atom. The van der Waals surface area contributed by atoms with Crippen LogP contribution in [0.3, 0.4) is 0 Å². The first-order valence-corrected chi connectivity index (χ1v) is 8.81. The Labute approximate surface area is 143 Å². The highest BCUT2D eigenvalue weighted by molar-refractivity contribution is 5.85. The van der Waals surface area contributed by atoms with Crippen LogP contribution in [0.25, 0.3) is 0 Å². The minimum absolute atomic E-state index is 0.164. The average Bonchev–Trinajstić information content (AvgIpc) is 2.91. The highest BCUT2D eigenvalue weighted by Crippen LogP contribution is 2.42. The summed E-state index contributed by atoms with van der Waals surface area (Å²) in [6, 6.07) is 6.55. The summed E-state index contributed by atoms with van der Waals surface area (Å²) in [6.07, 6.45) is 5.03. The zero-order valence-electron chi connectivity index (χ0n) is 14.3. The maximum atomic E-state index is 11.5. The molecule has 24 heavy (non-hydrogen) atoms. The van der Waals surface area contributed by atoms with Crippen LogP contribution < -0.4 is 15.4 Å². The Bertz CT molecular complexity index is 611. The summed E-state index contributed by atoms with van der Waals surface area (Å²) in [5, 5.41) is 5.61. The number of hydrogen-bond donors (Lipinski definition) is 2. The largest absolute Gasteiger partial charge is 0.492 e. The van der Waals surface area contributed by atoms with Gasteiger partial charge in [-0.25, -0.2) is 0 Å². The van der Waals surface area contributed by atoms with Crippen molar-refractivity contribution in [3.05, 3.63) is 29.3 Å². The summed E-state index contributed by atoms with van der Waals surface area (Å²) in [5.41, 5.74) is 2.35. The third-order valence-corrected chi connectivity index (χ3v) is 5.35. The van der Waals surface area contributed by atoms with Gasteiger partial charge in [0.15, 0.2) is 0 Å². The highest BCUT2D eigenvalue weighted by atomic mass is 16.5. The van der Waals surface area contributed by atoms with Gasteiger partial charge in [-0.2, -0.15) is 0 Å². The lowest BCUT2D eigenvalue weighted by Crippen LogP contribution is -2.28.